The molecule has 0 radical (unpaired) electrons. The van der Waals surface area contributed by atoms with Gasteiger partial charge in [0.1, 0.15) is 12.6 Å². The molecule has 0 aliphatic heterocycles. The predicted octanol–water partition coefficient (Wildman–Crippen LogP) is 1.60. The molecule has 0 heterocycles. The van der Waals surface area contributed by atoms with Crippen molar-refractivity contribution in [2.24, 2.45) is 11.8 Å². The van der Waals surface area contributed by atoms with Crippen LogP contribution < -0.4 is 16.0 Å². The number of hydrogen-bond donors (Lipinski definition) is 3. The van der Waals surface area contributed by atoms with E-state index in [0.29, 0.717) is 12.8 Å². The Morgan fingerprint density at radius 2 is 1.76 bits per heavy atom. The van der Waals surface area contributed by atoms with Gasteiger partial charge in [0.25, 0.3) is 5.91 Å². The highest BCUT2D eigenvalue weighted by molar-refractivity contribution is 6.37. The van der Waals surface area contributed by atoms with E-state index < -0.39 is 35.7 Å². The number of methoxy groups -OCH3 is 1. The second kappa shape index (κ2) is 13.6. The molecule has 0 aromatic heterocycles. The van der Waals surface area contributed by atoms with Gasteiger partial charge in [0.2, 0.25) is 11.7 Å². The van der Waals surface area contributed by atoms with Gasteiger partial charge in [-0.2, -0.15) is 0 Å². The average molecular weight is 462 g/mol. The lowest BCUT2D eigenvalue weighted by atomic mass is 9.94. The second-order valence-corrected chi connectivity index (χ2v) is 8.70. The van der Waals surface area contributed by atoms with E-state index in [2.05, 4.69) is 16.0 Å². The van der Waals surface area contributed by atoms with Crippen LogP contribution in [0.1, 0.15) is 38.7 Å². The highest BCUT2D eigenvalue weighted by atomic mass is 16.6. The molecule has 1 saturated carbocycles. The van der Waals surface area contributed by atoms with Gasteiger partial charge < -0.3 is 25.4 Å². The van der Waals surface area contributed by atoms with E-state index in [1.54, 1.807) is 0 Å². The van der Waals surface area contributed by atoms with Crippen LogP contribution in [0.25, 0.3) is 0 Å². The van der Waals surface area contributed by atoms with Gasteiger partial charge in [-0.25, -0.2) is 4.79 Å². The van der Waals surface area contributed by atoms with Crippen molar-refractivity contribution in [1.29, 1.82) is 0 Å². The van der Waals surface area contributed by atoms with E-state index in [4.69, 9.17) is 9.47 Å². The third-order valence-electron chi connectivity index (χ3n) is 5.19. The monoisotopic (exact) mass is 461 g/mol. The molecule has 0 bridgehead atoms. The van der Waals surface area contributed by atoms with E-state index in [9.17, 15) is 19.2 Å². The fourth-order valence-electron chi connectivity index (χ4n) is 3.28. The molecule has 0 spiro atoms. The molecule has 182 valence electrons. The summed E-state index contributed by atoms with van der Waals surface area (Å²) in [5.74, 6) is -2.19. The Balaban J connectivity index is 2.01. The average Bonchev–Trinajstić information content (AvgIpc) is 3.60. The summed E-state index contributed by atoms with van der Waals surface area (Å²) in [6.45, 7) is 4.17. The number of hydrogen-bond acceptors (Lipinski definition) is 6. The van der Waals surface area contributed by atoms with Crippen molar-refractivity contribution in [1.82, 2.24) is 16.0 Å². The van der Waals surface area contributed by atoms with Crippen molar-refractivity contribution in [3.05, 3.63) is 35.9 Å². The fourth-order valence-corrected chi connectivity index (χ4v) is 3.28. The molecule has 2 atom stereocenters. The quantitative estimate of drug-likeness (QED) is 0.286. The number of carbonyl (C=O) groups excluding carboxylic acids is 4. The van der Waals surface area contributed by atoms with E-state index in [0.717, 1.165) is 18.4 Å². The number of nitrogens with one attached hydrogen (secondary N) is 3. The lowest BCUT2D eigenvalue weighted by molar-refractivity contribution is -0.140. The first-order valence-electron chi connectivity index (χ1n) is 11.4. The standard InChI is InChI=1S/C24H35N3O6/c1-16(2)13-20(27-24(31)33-12-11-32-3)22(29)25-15-18(14-17-7-5-4-6-8-17)21(28)23(30)26-19-9-10-19/h4-8,16,18-20H,9-15H2,1-3H3,(H,25,29)(H,26,30)(H,27,31)/t18-,20?/m1/s1. The summed E-state index contributed by atoms with van der Waals surface area (Å²) in [5, 5.41) is 8.05. The Morgan fingerprint density at radius 3 is 2.36 bits per heavy atom. The zero-order valence-electron chi connectivity index (χ0n) is 19.6. The Labute approximate surface area is 195 Å². The van der Waals surface area contributed by atoms with Gasteiger partial charge in [-0.15, -0.1) is 0 Å². The summed E-state index contributed by atoms with van der Waals surface area (Å²) in [6, 6.07) is 8.58. The van der Waals surface area contributed by atoms with Gasteiger partial charge in [-0.05, 0) is 37.2 Å². The molecule has 3 N–H and O–H groups in total. The maximum Gasteiger partial charge on any atom is 0.407 e. The van der Waals surface area contributed by atoms with Crippen molar-refractivity contribution < 1.29 is 28.7 Å². The lowest BCUT2D eigenvalue weighted by Crippen LogP contribution is -2.50. The number of carbonyl (C=O) groups is 4. The number of alkyl carbamates (subject to hydrolysis) is 1. The smallest absolute Gasteiger partial charge is 0.407 e. The van der Waals surface area contributed by atoms with Gasteiger partial charge in [-0.1, -0.05) is 44.2 Å². The molecule has 2 rings (SSSR count). The minimum absolute atomic E-state index is 0.0142. The maximum atomic E-state index is 12.9. The minimum Gasteiger partial charge on any atom is -0.447 e. The highest BCUT2D eigenvalue weighted by Gasteiger charge is 2.32. The Bertz CT molecular complexity index is 795. The maximum absolute atomic E-state index is 12.9. The van der Waals surface area contributed by atoms with E-state index in [1.807, 2.05) is 44.2 Å². The summed E-state index contributed by atoms with van der Waals surface area (Å²) in [4.78, 5) is 50.1. The largest absolute Gasteiger partial charge is 0.447 e. The molecule has 3 amide bonds. The van der Waals surface area contributed by atoms with Crippen molar-refractivity contribution in [2.75, 3.05) is 26.9 Å². The minimum atomic E-state index is -0.826. The topological polar surface area (TPSA) is 123 Å². The molecular formula is C24H35N3O6. The van der Waals surface area contributed by atoms with Crippen LogP contribution in [0.5, 0.6) is 0 Å². The van der Waals surface area contributed by atoms with Crippen LogP contribution in [0.15, 0.2) is 30.3 Å². The van der Waals surface area contributed by atoms with Crippen molar-refractivity contribution in [3.63, 3.8) is 0 Å². The number of rotatable bonds is 14. The fraction of sp³-hybridized carbons (Fsp3) is 0.583. The lowest BCUT2D eigenvalue weighted by Gasteiger charge is -2.22. The molecule has 1 aromatic rings. The highest BCUT2D eigenvalue weighted by Crippen LogP contribution is 2.19. The van der Waals surface area contributed by atoms with Gasteiger partial charge in [0, 0.05) is 25.6 Å². The predicted molar refractivity (Wildman–Crippen MR) is 122 cm³/mol. The molecule has 1 fully saturated rings. The number of Topliss-reactive ketones (excluding diaryl/α,β-unsaturated/α-hetero) is 1. The Morgan fingerprint density at radius 1 is 1.06 bits per heavy atom. The summed E-state index contributed by atoms with van der Waals surface area (Å²) in [5.41, 5.74) is 0.892. The summed E-state index contributed by atoms with van der Waals surface area (Å²) >= 11 is 0. The molecule has 9 nitrogen and oxygen atoms in total. The van der Waals surface area contributed by atoms with Crippen LogP contribution in [-0.2, 0) is 30.3 Å². The van der Waals surface area contributed by atoms with Crippen molar-refractivity contribution in [2.45, 2.75) is 51.6 Å². The summed E-state index contributed by atoms with van der Waals surface area (Å²) in [6.07, 6.45) is 1.75. The van der Waals surface area contributed by atoms with Crippen LogP contribution in [0, 0.1) is 11.8 Å². The van der Waals surface area contributed by atoms with Crippen LogP contribution in [0.4, 0.5) is 4.79 Å². The number of ether oxygens (including phenoxy) is 2. The van der Waals surface area contributed by atoms with Crippen LogP contribution in [-0.4, -0.2) is 62.6 Å². The SMILES string of the molecule is COCCOC(=O)NC(CC(C)C)C(=O)NC[C@@H](Cc1ccccc1)C(=O)C(=O)NC1CC1. The van der Waals surface area contributed by atoms with Crippen LogP contribution in [0.2, 0.25) is 0 Å². The third kappa shape index (κ3) is 10.0. The van der Waals surface area contributed by atoms with Crippen LogP contribution in [0.3, 0.4) is 0 Å². The first-order valence-corrected chi connectivity index (χ1v) is 11.4. The zero-order valence-corrected chi connectivity index (χ0v) is 19.6. The normalized spacial score (nSPS) is 14.8. The van der Waals surface area contributed by atoms with E-state index in [1.165, 1.54) is 7.11 Å². The van der Waals surface area contributed by atoms with Crippen molar-refractivity contribution >= 4 is 23.7 Å². The van der Waals surface area contributed by atoms with Gasteiger partial charge in [-0.3, -0.25) is 14.4 Å². The second-order valence-electron chi connectivity index (χ2n) is 8.70. The first-order chi connectivity index (χ1) is 15.8. The molecule has 0 saturated heterocycles. The molecule has 1 aromatic carbocycles. The van der Waals surface area contributed by atoms with Gasteiger partial charge in [0.15, 0.2) is 0 Å². The number of ketones is 1. The Hall–Kier alpha value is -2.94. The molecule has 1 aliphatic carbocycles. The molecule has 1 aliphatic rings. The first kappa shape index (κ1) is 26.3. The van der Waals surface area contributed by atoms with Gasteiger partial charge in [0.05, 0.1) is 6.61 Å². The van der Waals surface area contributed by atoms with Crippen molar-refractivity contribution in [3.8, 4) is 0 Å². The third-order valence-corrected chi connectivity index (χ3v) is 5.19. The number of amides is 3. The van der Waals surface area contributed by atoms with E-state index >= 15 is 0 Å². The number of benzene rings is 1. The molecule has 1 unspecified atom stereocenters. The van der Waals surface area contributed by atoms with Gasteiger partial charge >= 0.3 is 6.09 Å². The van der Waals surface area contributed by atoms with E-state index in [-0.39, 0.29) is 31.7 Å². The molecular weight excluding hydrogens is 426 g/mol. The zero-order chi connectivity index (χ0) is 24.2. The molecule has 9 heteroatoms. The summed E-state index contributed by atoms with van der Waals surface area (Å²) < 4.78 is 9.84. The summed E-state index contributed by atoms with van der Waals surface area (Å²) in [7, 11) is 1.49. The molecule has 33 heavy (non-hydrogen) atoms. The Kier molecular flexibility index (Phi) is 10.8. The van der Waals surface area contributed by atoms with Crippen LogP contribution >= 0.6 is 0 Å².